The molecule has 0 spiro atoms. The Kier molecular flexibility index (Phi) is 5.31. The average Bonchev–Trinajstić information content (AvgIpc) is 3.12. The number of likely N-dealkylation sites (tertiary alicyclic amines) is 1. The van der Waals surface area contributed by atoms with Crippen LogP contribution in [0.15, 0.2) is 22.9 Å². The largest absolute Gasteiger partial charge is 0.478 e. The summed E-state index contributed by atoms with van der Waals surface area (Å²) in [6, 6.07) is 3.42. The van der Waals surface area contributed by atoms with Crippen LogP contribution in [0.1, 0.15) is 67.5 Å². The maximum atomic E-state index is 12.8. The van der Waals surface area contributed by atoms with Crippen LogP contribution in [0, 0.1) is 0 Å². The smallest absolute Gasteiger partial charge is 0.254 e. The molecule has 2 aromatic rings. The van der Waals surface area contributed by atoms with Gasteiger partial charge in [-0.25, -0.2) is 4.98 Å². The molecule has 25 heavy (non-hydrogen) atoms. The first-order chi connectivity index (χ1) is 12.1. The summed E-state index contributed by atoms with van der Waals surface area (Å²) in [5, 5.41) is 4.11. The Bertz CT molecular complexity index is 729. The molecule has 7 heteroatoms. The minimum absolute atomic E-state index is 0.0133. The highest BCUT2D eigenvalue weighted by atomic mass is 16.5. The summed E-state index contributed by atoms with van der Waals surface area (Å²) in [5.41, 5.74) is 0.593. The van der Waals surface area contributed by atoms with Gasteiger partial charge in [-0.05, 0) is 25.8 Å². The van der Waals surface area contributed by atoms with Crippen LogP contribution in [-0.4, -0.2) is 45.6 Å². The Morgan fingerprint density at radius 3 is 3.04 bits per heavy atom. The molecule has 1 aliphatic heterocycles. The van der Waals surface area contributed by atoms with Gasteiger partial charge in [-0.1, -0.05) is 19.0 Å². The average molecular weight is 344 g/mol. The minimum Gasteiger partial charge on any atom is -0.478 e. The van der Waals surface area contributed by atoms with E-state index in [1.165, 1.54) is 0 Å². The van der Waals surface area contributed by atoms with Gasteiger partial charge in [0.1, 0.15) is 0 Å². The fourth-order valence-corrected chi connectivity index (χ4v) is 2.97. The van der Waals surface area contributed by atoms with E-state index in [4.69, 9.17) is 9.26 Å². The Hall–Kier alpha value is -2.44. The number of aromatic nitrogens is 3. The van der Waals surface area contributed by atoms with Crippen molar-refractivity contribution >= 4 is 5.91 Å². The van der Waals surface area contributed by atoms with E-state index in [1.807, 2.05) is 25.7 Å². The van der Waals surface area contributed by atoms with Gasteiger partial charge in [-0.2, -0.15) is 4.98 Å². The molecule has 1 aliphatic rings. The monoisotopic (exact) mass is 344 g/mol. The van der Waals surface area contributed by atoms with E-state index >= 15 is 0 Å². The summed E-state index contributed by atoms with van der Waals surface area (Å²) in [5.74, 6) is 2.13. The van der Waals surface area contributed by atoms with E-state index in [9.17, 15) is 4.79 Å². The number of hydrogen-bond acceptors (Lipinski definition) is 6. The van der Waals surface area contributed by atoms with Crippen LogP contribution in [0.3, 0.4) is 0 Å². The summed E-state index contributed by atoms with van der Waals surface area (Å²) in [4.78, 5) is 23.3. The summed E-state index contributed by atoms with van der Waals surface area (Å²) < 4.78 is 10.7. The lowest BCUT2D eigenvalue weighted by Gasteiger charge is -2.31. The first kappa shape index (κ1) is 17.4. The highest BCUT2D eigenvalue weighted by Gasteiger charge is 2.29. The molecule has 7 nitrogen and oxygen atoms in total. The van der Waals surface area contributed by atoms with Crippen molar-refractivity contribution in [3.63, 3.8) is 0 Å². The molecule has 1 amide bonds. The van der Waals surface area contributed by atoms with E-state index in [-0.39, 0.29) is 17.7 Å². The molecule has 2 aromatic heterocycles. The number of hydrogen-bond donors (Lipinski definition) is 0. The highest BCUT2D eigenvalue weighted by molar-refractivity contribution is 5.94. The molecule has 0 aromatic carbocycles. The molecule has 0 radical (unpaired) electrons. The van der Waals surface area contributed by atoms with E-state index in [2.05, 4.69) is 15.1 Å². The quantitative estimate of drug-likeness (QED) is 0.829. The minimum atomic E-state index is -0.0133. The lowest BCUT2D eigenvalue weighted by molar-refractivity contribution is 0.0703. The molecule has 1 fully saturated rings. The van der Waals surface area contributed by atoms with E-state index in [1.54, 1.807) is 18.3 Å². The molecule has 1 atom stereocenters. The van der Waals surface area contributed by atoms with E-state index < -0.39 is 0 Å². The zero-order chi connectivity index (χ0) is 17.8. The molecule has 0 unspecified atom stereocenters. The maximum absolute atomic E-state index is 12.8. The van der Waals surface area contributed by atoms with Gasteiger partial charge in [0, 0.05) is 42.8 Å². The number of amides is 1. The fraction of sp³-hybridized carbons (Fsp3) is 0.556. The summed E-state index contributed by atoms with van der Waals surface area (Å²) in [7, 11) is 0. The first-order valence-electron chi connectivity index (χ1n) is 8.80. The third-order valence-corrected chi connectivity index (χ3v) is 4.30. The molecular weight excluding hydrogens is 320 g/mol. The van der Waals surface area contributed by atoms with Gasteiger partial charge >= 0.3 is 0 Å². The molecule has 3 rings (SSSR count). The van der Waals surface area contributed by atoms with Crippen LogP contribution in [-0.2, 0) is 0 Å². The van der Waals surface area contributed by atoms with Crippen molar-refractivity contribution in [2.45, 2.75) is 45.4 Å². The Morgan fingerprint density at radius 1 is 1.48 bits per heavy atom. The second-order valence-corrected chi connectivity index (χ2v) is 6.55. The first-order valence-corrected chi connectivity index (χ1v) is 8.80. The lowest BCUT2D eigenvalue weighted by atomic mass is 9.96. The second kappa shape index (κ2) is 7.63. The Morgan fingerprint density at radius 2 is 2.32 bits per heavy atom. The molecule has 134 valence electrons. The summed E-state index contributed by atoms with van der Waals surface area (Å²) in [6.45, 7) is 7.79. The SMILES string of the molecule is CCOc1cc(C(=O)N2CCC[C@@H](c3noc(C(C)C)n3)C2)ccn1. The zero-order valence-corrected chi connectivity index (χ0v) is 14.9. The van der Waals surface area contributed by atoms with Crippen LogP contribution < -0.4 is 4.74 Å². The van der Waals surface area contributed by atoms with Crippen molar-refractivity contribution in [2.24, 2.45) is 0 Å². The zero-order valence-electron chi connectivity index (χ0n) is 14.9. The second-order valence-electron chi connectivity index (χ2n) is 6.55. The molecule has 0 bridgehead atoms. The van der Waals surface area contributed by atoms with Gasteiger partial charge in [0.15, 0.2) is 5.82 Å². The highest BCUT2D eigenvalue weighted by Crippen LogP contribution is 2.27. The number of carbonyl (C=O) groups excluding carboxylic acids is 1. The molecule has 3 heterocycles. The van der Waals surface area contributed by atoms with E-state index in [0.29, 0.717) is 36.3 Å². The van der Waals surface area contributed by atoms with Crippen LogP contribution >= 0.6 is 0 Å². The molecule has 1 saturated heterocycles. The lowest BCUT2D eigenvalue weighted by Crippen LogP contribution is -2.39. The third kappa shape index (κ3) is 3.97. The molecule has 0 saturated carbocycles. The van der Waals surface area contributed by atoms with Gasteiger partial charge in [0.25, 0.3) is 5.91 Å². The Labute approximate surface area is 147 Å². The fourth-order valence-electron chi connectivity index (χ4n) is 2.97. The van der Waals surface area contributed by atoms with Crippen LogP contribution in [0.25, 0.3) is 0 Å². The van der Waals surface area contributed by atoms with Crippen molar-refractivity contribution < 1.29 is 14.1 Å². The van der Waals surface area contributed by atoms with Crippen molar-refractivity contribution in [1.82, 2.24) is 20.0 Å². The number of rotatable bonds is 5. The predicted octanol–water partition coefficient (Wildman–Crippen LogP) is 3.01. The van der Waals surface area contributed by atoms with Gasteiger partial charge < -0.3 is 14.2 Å². The molecule has 0 N–H and O–H groups in total. The van der Waals surface area contributed by atoms with Gasteiger partial charge in [0.05, 0.1) is 6.61 Å². The van der Waals surface area contributed by atoms with Crippen molar-refractivity contribution in [3.05, 3.63) is 35.6 Å². The third-order valence-electron chi connectivity index (χ3n) is 4.30. The Balaban J connectivity index is 1.72. The van der Waals surface area contributed by atoms with Crippen molar-refractivity contribution in [2.75, 3.05) is 19.7 Å². The van der Waals surface area contributed by atoms with Crippen molar-refractivity contribution in [1.29, 1.82) is 0 Å². The van der Waals surface area contributed by atoms with Crippen LogP contribution in [0.4, 0.5) is 0 Å². The van der Waals surface area contributed by atoms with Gasteiger partial charge in [-0.3, -0.25) is 4.79 Å². The number of carbonyl (C=O) groups is 1. The number of pyridine rings is 1. The van der Waals surface area contributed by atoms with Gasteiger partial charge in [-0.15, -0.1) is 0 Å². The number of nitrogens with zero attached hydrogens (tertiary/aromatic N) is 4. The van der Waals surface area contributed by atoms with Gasteiger partial charge in [0.2, 0.25) is 11.8 Å². The van der Waals surface area contributed by atoms with Crippen LogP contribution in [0.5, 0.6) is 5.88 Å². The molecule has 0 aliphatic carbocycles. The van der Waals surface area contributed by atoms with Crippen LogP contribution in [0.2, 0.25) is 0 Å². The number of ether oxygens (including phenoxy) is 1. The predicted molar refractivity (Wildman–Crippen MR) is 91.7 cm³/mol. The molecular formula is C18H24N4O3. The topological polar surface area (TPSA) is 81.4 Å². The van der Waals surface area contributed by atoms with Crippen molar-refractivity contribution in [3.8, 4) is 5.88 Å². The number of piperidine rings is 1. The normalized spacial score (nSPS) is 17.8. The summed E-state index contributed by atoms with van der Waals surface area (Å²) >= 11 is 0. The van der Waals surface area contributed by atoms with E-state index in [0.717, 1.165) is 19.4 Å². The maximum Gasteiger partial charge on any atom is 0.254 e. The standard InChI is InChI=1S/C18H24N4O3/c1-4-24-15-10-13(7-8-19-15)18(23)22-9-5-6-14(11-22)16-20-17(12(2)3)25-21-16/h7-8,10,12,14H,4-6,9,11H2,1-3H3/t14-/m1/s1. The summed E-state index contributed by atoms with van der Waals surface area (Å²) in [6.07, 6.45) is 3.49.